The SMILES string of the molecule is O=C(O)Cc1ccc(CNC(=O)N2CCNC2=O)cc1. The molecule has 1 heterocycles. The highest BCUT2D eigenvalue weighted by Gasteiger charge is 2.25. The lowest BCUT2D eigenvalue weighted by Gasteiger charge is -2.13. The number of nitrogens with zero attached hydrogens (tertiary/aromatic N) is 1. The lowest BCUT2D eigenvalue weighted by molar-refractivity contribution is -0.136. The first-order valence-corrected chi connectivity index (χ1v) is 6.19. The highest BCUT2D eigenvalue weighted by molar-refractivity contribution is 5.94. The van der Waals surface area contributed by atoms with E-state index in [2.05, 4.69) is 10.6 Å². The minimum atomic E-state index is -0.883. The van der Waals surface area contributed by atoms with E-state index in [4.69, 9.17) is 5.11 Å². The highest BCUT2D eigenvalue weighted by atomic mass is 16.4. The summed E-state index contributed by atoms with van der Waals surface area (Å²) in [5, 5.41) is 13.8. The molecular formula is C13H15N3O4. The van der Waals surface area contributed by atoms with Crippen LogP contribution >= 0.6 is 0 Å². The number of hydrogen-bond acceptors (Lipinski definition) is 3. The van der Waals surface area contributed by atoms with E-state index in [-0.39, 0.29) is 19.0 Å². The fourth-order valence-electron chi connectivity index (χ4n) is 1.89. The van der Waals surface area contributed by atoms with Crippen LogP contribution < -0.4 is 10.6 Å². The van der Waals surface area contributed by atoms with Gasteiger partial charge >= 0.3 is 18.0 Å². The summed E-state index contributed by atoms with van der Waals surface area (Å²) in [7, 11) is 0. The first-order chi connectivity index (χ1) is 9.56. The number of rotatable bonds is 4. The Balaban J connectivity index is 1.86. The quantitative estimate of drug-likeness (QED) is 0.748. The van der Waals surface area contributed by atoms with Crippen LogP contribution in [0.5, 0.6) is 0 Å². The molecule has 106 valence electrons. The summed E-state index contributed by atoms with van der Waals surface area (Å²) in [6.45, 7) is 1.12. The van der Waals surface area contributed by atoms with Crippen molar-refractivity contribution in [2.75, 3.05) is 13.1 Å². The van der Waals surface area contributed by atoms with Gasteiger partial charge in [0.05, 0.1) is 6.42 Å². The Morgan fingerprint density at radius 2 is 1.90 bits per heavy atom. The van der Waals surface area contributed by atoms with E-state index in [9.17, 15) is 14.4 Å². The van der Waals surface area contributed by atoms with Gasteiger partial charge in [0, 0.05) is 19.6 Å². The highest BCUT2D eigenvalue weighted by Crippen LogP contribution is 2.06. The van der Waals surface area contributed by atoms with Crippen LogP contribution in [0.1, 0.15) is 11.1 Å². The molecule has 20 heavy (non-hydrogen) atoms. The molecule has 0 bridgehead atoms. The molecule has 1 aromatic carbocycles. The van der Waals surface area contributed by atoms with Gasteiger partial charge < -0.3 is 15.7 Å². The van der Waals surface area contributed by atoms with Crippen molar-refractivity contribution in [1.29, 1.82) is 0 Å². The second kappa shape index (κ2) is 6.05. The van der Waals surface area contributed by atoms with Crippen molar-refractivity contribution in [3.05, 3.63) is 35.4 Å². The zero-order chi connectivity index (χ0) is 14.5. The van der Waals surface area contributed by atoms with Crippen LogP contribution in [0, 0.1) is 0 Å². The topological polar surface area (TPSA) is 98.7 Å². The molecule has 1 aliphatic heterocycles. The van der Waals surface area contributed by atoms with Crippen molar-refractivity contribution in [3.8, 4) is 0 Å². The van der Waals surface area contributed by atoms with Gasteiger partial charge in [-0.2, -0.15) is 0 Å². The molecule has 1 fully saturated rings. The van der Waals surface area contributed by atoms with E-state index >= 15 is 0 Å². The average Bonchev–Trinajstić information content (AvgIpc) is 2.83. The zero-order valence-electron chi connectivity index (χ0n) is 10.8. The summed E-state index contributed by atoms with van der Waals surface area (Å²) in [4.78, 5) is 34.6. The first kappa shape index (κ1) is 13.9. The van der Waals surface area contributed by atoms with Gasteiger partial charge in [-0.05, 0) is 11.1 Å². The molecule has 1 saturated heterocycles. The van der Waals surface area contributed by atoms with Crippen molar-refractivity contribution in [3.63, 3.8) is 0 Å². The van der Waals surface area contributed by atoms with Gasteiger partial charge in [-0.3, -0.25) is 4.79 Å². The maximum atomic E-state index is 11.7. The normalized spacial score (nSPS) is 14.0. The number of aliphatic carboxylic acids is 1. The van der Waals surface area contributed by atoms with Gasteiger partial charge in [0.1, 0.15) is 0 Å². The number of hydrogen-bond donors (Lipinski definition) is 3. The molecule has 7 nitrogen and oxygen atoms in total. The van der Waals surface area contributed by atoms with Crippen molar-refractivity contribution in [2.45, 2.75) is 13.0 Å². The summed E-state index contributed by atoms with van der Waals surface area (Å²) in [6.07, 6.45) is -0.0272. The number of imide groups is 1. The number of carbonyl (C=O) groups is 3. The Morgan fingerprint density at radius 3 is 2.45 bits per heavy atom. The monoisotopic (exact) mass is 277 g/mol. The van der Waals surface area contributed by atoms with E-state index in [1.807, 2.05) is 0 Å². The zero-order valence-corrected chi connectivity index (χ0v) is 10.8. The molecule has 0 aromatic heterocycles. The van der Waals surface area contributed by atoms with E-state index in [0.29, 0.717) is 18.7 Å². The number of amides is 4. The van der Waals surface area contributed by atoms with Crippen molar-refractivity contribution >= 4 is 18.0 Å². The Morgan fingerprint density at radius 1 is 1.25 bits per heavy atom. The Kier molecular flexibility index (Phi) is 4.19. The van der Waals surface area contributed by atoms with Crippen LogP contribution in [0.4, 0.5) is 9.59 Å². The average molecular weight is 277 g/mol. The largest absolute Gasteiger partial charge is 0.481 e. The van der Waals surface area contributed by atoms with Gasteiger partial charge in [-0.25, -0.2) is 14.5 Å². The summed E-state index contributed by atoms with van der Waals surface area (Å²) in [6, 6.07) is 6.09. The number of carboxylic acid groups (broad SMARTS) is 1. The smallest absolute Gasteiger partial charge is 0.325 e. The number of carboxylic acids is 1. The van der Waals surface area contributed by atoms with Crippen LogP contribution in [0.3, 0.4) is 0 Å². The lowest BCUT2D eigenvalue weighted by Crippen LogP contribution is -2.41. The first-order valence-electron chi connectivity index (χ1n) is 6.19. The van der Waals surface area contributed by atoms with Crippen molar-refractivity contribution in [2.24, 2.45) is 0 Å². The van der Waals surface area contributed by atoms with E-state index in [0.717, 1.165) is 10.5 Å². The molecule has 0 radical (unpaired) electrons. The predicted octanol–water partition coefficient (Wildman–Crippen LogP) is 0.549. The second-order valence-corrected chi connectivity index (χ2v) is 4.43. The van der Waals surface area contributed by atoms with Crippen LogP contribution in [0.25, 0.3) is 0 Å². The summed E-state index contributed by atoms with van der Waals surface area (Å²) < 4.78 is 0. The Bertz CT molecular complexity index is 527. The molecule has 3 N–H and O–H groups in total. The van der Waals surface area contributed by atoms with Gasteiger partial charge in [-0.15, -0.1) is 0 Å². The van der Waals surface area contributed by atoms with Gasteiger partial charge in [0.2, 0.25) is 0 Å². The Hall–Kier alpha value is -2.57. The maximum absolute atomic E-state index is 11.7. The number of urea groups is 2. The molecule has 0 saturated carbocycles. The van der Waals surface area contributed by atoms with Crippen LogP contribution in [0.2, 0.25) is 0 Å². The molecule has 0 unspecified atom stereocenters. The van der Waals surface area contributed by atoms with Gasteiger partial charge in [0.25, 0.3) is 0 Å². The molecule has 1 aliphatic rings. The number of benzene rings is 1. The molecule has 0 atom stereocenters. The third-order valence-corrected chi connectivity index (χ3v) is 2.92. The third-order valence-electron chi connectivity index (χ3n) is 2.92. The van der Waals surface area contributed by atoms with E-state index < -0.39 is 12.0 Å². The van der Waals surface area contributed by atoms with Crippen molar-refractivity contribution in [1.82, 2.24) is 15.5 Å². The second-order valence-electron chi connectivity index (χ2n) is 4.43. The molecular weight excluding hydrogens is 262 g/mol. The van der Waals surface area contributed by atoms with E-state index in [1.165, 1.54) is 0 Å². The summed E-state index contributed by atoms with van der Waals surface area (Å²) >= 11 is 0. The fraction of sp³-hybridized carbons (Fsp3) is 0.308. The molecule has 2 rings (SSSR count). The number of carbonyl (C=O) groups excluding carboxylic acids is 2. The lowest BCUT2D eigenvalue weighted by atomic mass is 10.1. The molecule has 1 aromatic rings. The van der Waals surface area contributed by atoms with Gasteiger partial charge in [0.15, 0.2) is 0 Å². The minimum Gasteiger partial charge on any atom is -0.481 e. The van der Waals surface area contributed by atoms with E-state index in [1.54, 1.807) is 24.3 Å². The predicted molar refractivity (Wildman–Crippen MR) is 70.1 cm³/mol. The summed E-state index contributed by atoms with van der Waals surface area (Å²) in [5.41, 5.74) is 1.54. The van der Waals surface area contributed by atoms with Gasteiger partial charge in [-0.1, -0.05) is 24.3 Å². The van der Waals surface area contributed by atoms with Crippen molar-refractivity contribution < 1.29 is 19.5 Å². The fourth-order valence-corrected chi connectivity index (χ4v) is 1.89. The van der Waals surface area contributed by atoms with Crippen LogP contribution in [-0.2, 0) is 17.8 Å². The molecule has 7 heteroatoms. The molecule has 0 spiro atoms. The maximum Gasteiger partial charge on any atom is 0.325 e. The standard InChI is InChI=1S/C13H15N3O4/c17-11(18)7-9-1-3-10(4-2-9)8-15-13(20)16-6-5-14-12(16)19/h1-4H,5-8H2,(H,14,19)(H,15,20)(H,17,18). The Labute approximate surface area is 115 Å². The minimum absolute atomic E-state index is 0.0272. The summed E-state index contributed by atoms with van der Waals surface area (Å²) in [5.74, 6) is -0.883. The molecule has 0 aliphatic carbocycles. The van der Waals surface area contributed by atoms with Crippen LogP contribution in [-0.4, -0.2) is 41.1 Å². The third kappa shape index (κ3) is 3.47. The van der Waals surface area contributed by atoms with Crippen LogP contribution in [0.15, 0.2) is 24.3 Å². The number of nitrogens with one attached hydrogen (secondary N) is 2. The molecule has 4 amide bonds.